The minimum atomic E-state index is -0.294. The van der Waals surface area contributed by atoms with E-state index in [-0.39, 0.29) is 35.4 Å². The lowest BCUT2D eigenvalue weighted by atomic mass is 9.98. The van der Waals surface area contributed by atoms with Crippen LogP contribution in [0.4, 0.5) is 0 Å². The zero-order chi connectivity index (χ0) is 22.1. The van der Waals surface area contributed by atoms with Crippen LogP contribution in [0.5, 0.6) is 23.3 Å². The van der Waals surface area contributed by atoms with E-state index in [0.717, 1.165) is 31.7 Å². The van der Waals surface area contributed by atoms with Gasteiger partial charge in [-0.2, -0.15) is 0 Å². The number of aromatic hydroxyl groups is 3. The first-order valence-corrected chi connectivity index (χ1v) is 10.5. The molecule has 0 unspecified atom stereocenters. The molecule has 1 saturated heterocycles. The summed E-state index contributed by atoms with van der Waals surface area (Å²) < 4.78 is 7.55. The number of nitrogens with zero attached hydrogens (tertiary/aromatic N) is 4. The molecule has 0 saturated carbocycles. The van der Waals surface area contributed by atoms with Crippen molar-refractivity contribution in [1.29, 1.82) is 0 Å². The van der Waals surface area contributed by atoms with Gasteiger partial charge in [0.25, 0.3) is 0 Å². The van der Waals surface area contributed by atoms with Gasteiger partial charge in [0.1, 0.15) is 23.4 Å². The van der Waals surface area contributed by atoms with Crippen LogP contribution in [0.1, 0.15) is 38.2 Å². The summed E-state index contributed by atoms with van der Waals surface area (Å²) in [7, 11) is 2.12. The first-order valence-electron chi connectivity index (χ1n) is 10.5. The molecule has 31 heavy (non-hydrogen) atoms. The second-order valence-electron chi connectivity index (χ2n) is 8.36. The van der Waals surface area contributed by atoms with Gasteiger partial charge in [0.15, 0.2) is 5.82 Å². The van der Waals surface area contributed by atoms with Crippen molar-refractivity contribution < 1.29 is 20.1 Å². The highest BCUT2D eigenvalue weighted by Crippen LogP contribution is 2.39. The topological polar surface area (TPSA) is 104 Å². The molecule has 4 rings (SSSR count). The maximum atomic E-state index is 10.4. The molecule has 1 aliphatic rings. The highest BCUT2D eigenvalue weighted by molar-refractivity contribution is 5.69. The summed E-state index contributed by atoms with van der Waals surface area (Å²) in [5.74, 6) is 0.961. The van der Waals surface area contributed by atoms with Crippen molar-refractivity contribution in [3.8, 4) is 40.3 Å². The highest BCUT2D eigenvalue weighted by atomic mass is 16.5. The molecule has 0 bridgehead atoms. The van der Waals surface area contributed by atoms with E-state index in [0.29, 0.717) is 16.8 Å². The second kappa shape index (κ2) is 8.47. The number of piperidine rings is 1. The van der Waals surface area contributed by atoms with Crippen LogP contribution in [-0.4, -0.2) is 61.2 Å². The van der Waals surface area contributed by atoms with Crippen LogP contribution in [-0.2, 0) is 0 Å². The number of phenolic OH excluding ortho intramolecular Hbond substituents is 2. The van der Waals surface area contributed by atoms with Crippen LogP contribution in [0.2, 0.25) is 0 Å². The molecule has 3 aromatic rings. The molecular formula is C23H28N4O4. The average Bonchev–Trinajstić information content (AvgIpc) is 3.11. The van der Waals surface area contributed by atoms with Crippen molar-refractivity contribution in [1.82, 2.24) is 19.7 Å². The van der Waals surface area contributed by atoms with Crippen LogP contribution in [0, 0.1) is 0 Å². The van der Waals surface area contributed by atoms with Gasteiger partial charge < -0.3 is 25.0 Å². The molecule has 8 nitrogen and oxygen atoms in total. The number of ether oxygens (including phenoxy) is 1. The average molecular weight is 425 g/mol. The minimum absolute atomic E-state index is 0.0157. The standard InChI is InChI=1S/C23H28N4O4/c1-14(2)18-12-19(21(29)13-20(18)28)22-24-25-23(30)27(22)15-4-6-16(7-5-15)31-17-8-10-26(3)11-9-17/h4-7,12-14,17,28-29H,8-11H2,1-3H3,(H,25,30). The Labute approximate surface area is 181 Å². The van der Waals surface area contributed by atoms with Gasteiger partial charge in [-0.25, -0.2) is 4.57 Å². The number of benzene rings is 2. The molecule has 0 radical (unpaired) electrons. The highest BCUT2D eigenvalue weighted by Gasteiger charge is 2.21. The van der Waals surface area contributed by atoms with Crippen LogP contribution in [0.15, 0.2) is 36.4 Å². The zero-order valence-corrected chi connectivity index (χ0v) is 18.0. The number of hydrogen-bond acceptors (Lipinski definition) is 7. The zero-order valence-electron chi connectivity index (χ0n) is 18.0. The van der Waals surface area contributed by atoms with Gasteiger partial charge in [-0.15, -0.1) is 5.10 Å². The quantitative estimate of drug-likeness (QED) is 0.574. The molecule has 164 valence electrons. The molecule has 3 N–H and O–H groups in total. The Hall–Kier alpha value is -3.26. The van der Waals surface area contributed by atoms with Crippen molar-refractivity contribution in [3.05, 3.63) is 42.0 Å². The Morgan fingerprint density at radius 1 is 0.968 bits per heavy atom. The summed E-state index contributed by atoms with van der Waals surface area (Å²) in [6, 6.07) is 10.0. The van der Waals surface area contributed by atoms with E-state index in [4.69, 9.17) is 4.74 Å². The van der Waals surface area contributed by atoms with Gasteiger partial charge in [0, 0.05) is 19.2 Å². The van der Waals surface area contributed by atoms with E-state index < -0.39 is 0 Å². The molecule has 0 spiro atoms. The molecular weight excluding hydrogens is 396 g/mol. The Balaban J connectivity index is 1.63. The third-order valence-electron chi connectivity index (χ3n) is 5.72. The van der Waals surface area contributed by atoms with E-state index in [1.54, 1.807) is 6.07 Å². The number of rotatable bonds is 5. The lowest BCUT2D eigenvalue weighted by Gasteiger charge is -2.29. The third kappa shape index (κ3) is 4.29. The Bertz CT molecular complexity index is 1050. The molecule has 0 atom stereocenters. The van der Waals surface area contributed by atoms with Gasteiger partial charge in [-0.3, -0.25) is 0 Å². The molecule has 0 amide bonds. The normalized spacial score (nSPS) is 15.5. The predicted octanol–water partition coefficient (Wildman–Crippen LogP) is 3.65. The Kier molecular flexibility index (Phi) is 5.73. The molecule has 1 aliphatic heterocycles. The maximum absolute atomic E-state index is 10.4. The monoisotopic (exact) mass is 424 g/mol. The van der Waals surface area contributed by atoms with Gasteiger partial charge in [-0.1, -0.05) is 18.9 Å². The predicted molar refractivity (Wildman–Crippen MR) is 117 cm³/mol. The Morgan fingerprint density at radius 3 is 2.29 bits per heavy atom. The van der Waals surface area contributed by atoms with Gasteiger partial charge in [0.2, 0.25) is 0 Å². The molecule has 2 heterocycles. The van der Waals surface area contributed by atoms with Crippen LogP contribution in [0.25, 0.3) is 17.1 Å². The second-order valence-corrected chi connectivity index (χ2v) is 8.36. The summed E-state index contributed by atoms with van der Waals surface area (Å²) in [4.78, 5) is 2.29. The van der Waals surface area contributed by atoms with E-state index in [2.05, 4.69) is 22.1 Å². The minimum Gasteiger partial charge on any atom is -0.508 e. The van der Waals surface area contributed by atoms with Gasteiger partial charge in [0.05, 0.1) is 11.3 Å². The Morgan fingerprint density at radius 2 is 1.65 bits per heavy atom. The molecule has 1 fully saturated rings. The largest absolute Gasteiger partial charge is 0.508 e. The SMILES string of the molecule is CC(C)c1cc(-c2nnc(O)n2-c2ccc(OC3CCN(C)CC3)cc2)c(O)cc1O. The van der Waals surface area contributed by atoms with Crippen molar-refractivity contribution in [2.75, 3.05) is 20.1 Å². The lowest BCUT2D eigenvalue weighted by molar-refractivity contribution is 0.114. The number of likely N-dealkylation sites (tertiary alicyclic amines) is 1. The molecule has 1 aromatic heterocycles. The van der Waals surface area contributed by atoms with Crippen LogP contribution < -0.4 is 4.74 Å². The molecule has 0 aliphatic carbocycles. The van der Waals surface area contributed by atoms with Crippen molar-refractivity contribution in [3.63, 3.8) is 0 Å². The first-order chi connectivity index (χ1) is 14.8. The van der Waals surface area contributed by atoms with E-state index in [1.807, 2.05) is 38.1 Å². The summed E-state index contributed by atoms with van der Waals surface area (Å²) in [5, 5.41) is 38.8. The van der Waals surface area contributed by atoms with Crippen LogP contribution in [0.3, 0.4) is 0 Å². The van der Waals surface area contributed by atoms with Crippen LogP contribution >= 0.6 is 0 Å². The smallest absolute Gasteiger partial charge is 0.319 e. The fourth-order valence-electron chi connectivity index (χ4n) is 3.89. The summed E-state index contributed by atoms with van der Waals surface area (Å²) in [5.41, 5.74) is 1.68. The number of hydrogen-bond donors (Lipinski definition) is 3. The fraction of sp³-hybridized carbons (Fsp3) is 0.391. The maximum Gasteiger partial charge on any atom is 0.319 e. The molecule has 8 heteroatoms. The first kappa shape index (κ1) is 21.0. The fourth-order valence-corrected chi connectivity index (χ4v) is 3.89. The van der Waals surface area contributed by atoms with E-state index >= 15 is 0 Å². The van der Waals surface area contributed by atoms with Gasteiger partial charge >= 0.3 is 6.01 Å². The summed E-state index contributed by atoms with van der Waals surface area (Å²) in [6.07, 6.45) is 2.18. The van der Waals surface area contributed by atoms with Crippen molar-refractivity contribution in [2.45, 2.75) is 38.7 Å². The lowest BCUT2D eigenvalue weighted by Crippen LogP contribution is -2.35. The summed E-state index contributed by atoms with van der Waals surface area (Å²) in [6.45, 7) is 5.94. The third-order valence-corrected chi connectivity index (χ3v) is 5.72. The molecule has 2 aromatic carbocycles. The number of aromatic nitrogens is 3. The van der Waals surface area contributed by atoms with Crippen molar-refractivity contribution >= 4 is 0 Å². The van der Waals surface area contributed by atoms with E-state index in [9.17, 15) is 15.3 Å². The van der Waals surface area contributed by atoms with E-state index in [1.165, 1.54) is 10.6 Å². The van der Waals surface area contributed by atoms with Gasteiger partial charge in [-0.05, 0) is 61.7 Å². The van der Waals surface area contributed by atoms with Crippen molar-refractivity contribution in [2.24, 2.45) is 0 Å². The number of phenols is 2. The summed E-state index contributed by atoms with van der Waals surface area (Å²) >= 11 is 0.